The molecule has 0 saturated heterocycles. The molecule has 10 nitrogen and oxygen atoms in total. The minimum atomic E-state index is -0.856. The molecule has 4 aromatic rings. The number of methoxy groups -OCH3 is 1. The molecule has 0 radical (unpaired) electrons. The summed E-state index contributed by atoms with van der Waals surface area (Å²) in [6, 6.07) is 2.72. The Balaban J connectivity index is 1.40. The summed E-state index contributed by atoms with van der Waals surface area (Å²) in [5.74, 6) is 0.433. The zero-order valence-electron chi connectivity index (χ0n) is 20.2. The molecule has 0 amide bonds. The first-order chi connectivity index (χ1) is 16.1. The highest BCUT2D eigenvalue weighted by Crippen LogP contribution is 2.27. The van der Waals surface area contributed by atoms with Gasteiger partial charge in [-0.1, -0.05) is 0 Å². The maximum absolute atomic E-state index is 14.3. The second kappa shape index (κ2) is 9.05. The van der Waals surface area contributed by atoms with Crippen LogP contribution in [0.1, 0.15) is 45.5 Å². The quantitative estimate of drug-likeness (QED) is 0.358. The van der Waals surface area contributed by atoms with E-state index in [1.54, 1.807) is 24.7 Å². The summed E-state index contributed by atoms with van der Waals surface area (Å²) in [6.45, 7) is 6.31. The molecule has 1 unspecified atom stereocenters. The van der Waals surface area contributed by atoms with Crippen LogP contribution >= 0.6 is 0 Å². The Kier molecular flexibility index (Phi) is 6.30. The van der Waals surface area contributed by atoms with Gasteiger partial charge in [0.1, 0.15) is 0 Å². The lowest BCUT2D eigenvalue weighted by atomic mass is 10.0. The van der Waals surface area contributed by atoms with Gasteiger partial charge in [-0.05, 0) is 39.7 Å². The van der Waals surface area contributed by atoms with Gasteiger partial charge in [0.25, 0.3) is 0 Å². The Labute approximate surface area is 197 Å². The predicted octanol–water partition coefficient (Wildman–Crippen LogP) is 2.99. The number of anilines is 2. The number of aryl methyl sites for hydroxylation is 1. The molecule has 3 N–H and O–H groups in total. The van der Waals surface area contributed by atoms with Gasteiger partial charge < -0.3 is 20.5 Å². The van der Waals surface area contributed by atoms with Gasteiger partial charge in [0, 0.05) is 37.7 Å². The summed E-state index contributed by atoms with van der Waals surface area (Å²) >= 11 is 0. The number of hydrogen-bond donors (Lipinski definition) is 2. The van der Waals surface area contributed by atoms with Crippen LogP contribution in [0.25, 0.3) is 16.6 Å². The Morgan fingerprint density at radius 2 is 2.03 bits per heavy atom. The molecule has 182 valence electrons. The Morgan fingerprint density at radius 1 is 1.26 bits per heavy atom. The SMILES string of the molecule is COc1cc2nc(N)n3nc(CCCCN(C)c4cnn(C(C)C(C)(C)O)c4)nc3c2cc1F. The summed E-state index contributed by atoms with van der Waals surface area (Å²) in [7, 11) is 3.42. The number of unbranched alkanes of at least 4 members (excludes halogenated alkanes) is 1. The van der Waals surface area contributed by atoms with Crippen molar-refractivity contribution in [3.8, 4) is 5.75 Å². The first-order valence-electron chi connectivity index (χ1n) is 11.2. The van der Waals surface area contributed by atoms with Crippen LogP contribution in [0, 0.1) is 5.82 Å². The third kappa shape index (κ3) is 4.60. The summed E-state index contributed by atoms with van der Waals surface area (Å²) in [6.07, 6.45) is 6.19. The van der Waals surface area contributed by atoms with Gasteiger partial charge in [-0.3, -0.25) is 4.68 Å². The van der Waals surface area contributed by atoms with E-state index in [2.05, 4.69) is 25.1 Å². The van der Waals surface area contributed by atoms with Crippen molar-refractivity contribution in [3.05, 3.63) is 36.2 Å². The first kappa shape index (κ1) is 23.7. The van der Waals surface area contributed by atoms with Crippen molar-refractivity contribution in [1.82, 2.24) is 29.4 Å². The predicted molar refractivity (Wildman–Crippen MR) is 129 cm³/mol. The zero-order chi connectivity index (χ0) is 24.6. The highest BCUT2D eigenvalue weighted by atomic mass is 19.1. The molecule has 34 heavy (non-hydrogen) atoms. The molecular formula is C23H31FN8O2. The fraction of sp³-hybridized carbons (Fsp3) is 0.478. The van der Waals surface area contributed by atoms with E-state index in [0.717, 1.165) is 25.1 Å². The van der Waals surface area contributed by atoms with E-state index in [1.165, 1.54) is 23.8 Å². The van der Waals surface area contributed by atoms with Crippen molar-refractivity contribution in [2.75, 3.05) is 31.3 Å². The van der Waals surface area contributed by atoms with E-state index < -0.39 is 11.4 Å². The second-order valence-corrected chi connectivity index (χ2v) is 9.12. The van der Waals surface area contributed by atoms with Crippen LogP contribution in [-0.4, -0.2) is 60.8 Å². The Bertz CT molecular complexity index is 1310. The average molecular weight is 471 g/mol. The van der Waals surface area contributed by atoms with Crippen molar-refractivity contribution >= 4 is 28.2 Å². The van der Waals surface area contributed by atoms with Gasteiger partial charge in [-0.2, -0.15) is 9.61 Å². The van der Waals surface area contributed by atoms with Crippen LogP contribution < -0.4 is 15.4 Å². The molecule has 0 spiro atoms. The molecule has 3 heterocycles. The largest absolute Gasteiger partial charge is 0.494 e. The number of halogens is 1. The van der Waals surface area contributed by atoms with Gasteiger partial charge in [0.15, 0.2) is 23.0 Å². The summed E-state index contributed by atoms with van der Waals surface area (Å²) in [5, 5.41) is 19.6. The zero-order valence-corrected chi connectivity index (χ0v) is 20.2. The third-order valence-corrected chi connectivity index (χ3v) is 6.21. The van der Waals surface area contributed by atoms with E-state index in [1.807, 2.05) is 20.2 Å². The smallest absolute Gasteiger partial charge is 0.223 e. The number of rotatable bonds is 9. The van der Waals surface area contributed by atoms with Gasteiger partial charge in [0.2, 0.25) is 5.95 Å². The molecule has 0 aliphatic carbocycles. The molecule has 3 aromatic heterocycles. The van der Waals surface area contributed by atoms with Gasteiger partial charge in [-0.25, -0.2) is 14.4 Å². The molecule has 0 fully saturated rings. The molecule has 1 atom stereocenters. The van der Waals surface area contributed by atoms with E-state index in [0.29, 0.717) is 28.8 Å². The normalized spacial score (nSPS) is 13.0. The van der Waals surface area contributed by atoms with Crippen molar-refractivity contribution < 1.29 is 14.2 Å². The Morgan fingerprint density at radius 3 is 2.74 bits per heavy atom. The average Bonchev–Trinajstić information content (AvgIpc) is 3.44. The summed E-state index contributed by atoms with van der Waals surface area (Å²) < 4.78 is 22.5. The highest BCUT2D eigenvalue weighted by Gasteiger charge is 2.25. The van der Waals surface area contributed by atoms with E-state index in [-0.39, 0.29) is 17.7 Å². The van der Waals surface area contributed by atoms with Gasteiger partial charge in [0.05, 0.1) is 36.2 Å². The lowest BCUT2D eigenvalue weighted by Gasteiger charge is -2.26. The molecule has 0 saturated carbocycles. The van der Waals surface area contributed by atoms with Crippen LogP contribution in [0.5, 0.6) is 5.75 Å². The number of fused-ring (bicyclic) bond motifs is 3. The van der Waals surface area contributed by atoms with E-state index >= 15 is 0 Å². The number of aliphatic hydroxyl groups is 1. The van der Waals surface area contributed by atoms with E-state index in [9.17, 15) is 9.50 Å². The Hall–Kier alpha value is -3.47. The molecule has 0 aliphatic heterocycles. The minimum Gasteiger partial charge on any atom is -0.494 e. The minimum absolute atomic E-state index is 0.104. The monoisotopic (exact) mass is 470 g/mol. The molecule has 0 bridgehead atoms. The lowest BCUT2D eigenvalue weighted by molar-refractivity contribution is 0.0258. The second-order valence-electron chi connectivity index (χ2n) is 9.12. The van der Waals surface area contributed by atoms with Crippen molar-refractivity contribution in [2.24, 2.45) is 0 Å². The van der Waals surface area contributed by atoms with Crippen LogP contribution in [0.2, 0.25) is 0 Å². The number of hydrogen-bond acceptors (Lipinski definition) is 8. The number of nitrogen functional groups attached to an aromatic ring is 1. The lowest BCUT2D eigenvalue weighted by Crippen LogP contribution is -2.31. The fourth-order valence-corrected chi connectivity index (χ4v) is 3.76. The highest BCUT2D eigenvalue weighted by molar-refractivity contribution is 5.93. The summed E-state index contributed by atoms with van der Waals surface area (Å²) in [5.41, 5.74) is 7.17. The number of aromatic nitrogens is 6. The fourth-order valence-electron chi connectivity index (χ4n) is 3.76. The topological polar surface area (TPSA) is 120 Å². The van der Waals surface area contributed by atoms with Crippen molar-refractivity contribution in [2.45, 2.75) is 51.7 Å². The van der Waals surface area contributed by atoms with Crippen LogP contribution in [0.15, 0.2) is 24.5 Å². The maximum atomic E-state index is 14.3. The maximum Gasteiger partial charge on any atom is 0.223 e. The standard InChI is InChI=1S/C23H31FN8O2/c1-14(23(2,3)33)31-13-15(12-26-31)30(4)9-7-6-8-20-28-21-16-10-17(24)19(34-5)11-18(16)27-22(25)32(21)29-20/h10-14,33H,6-9H2,1-5H3,(H2,25,27). The van der Waals surface area contributed by atoms with Crippen molar-refractivity contribution in [3.63, 3.8) is 0 Å². The number of ether oxygens (including phenoxy) is 1. The van der Waals surface area contributed by atoms with Crippen LogP contribution in [0.4, 0.5) is 16.0 Å². The van der Waals surface area contributed by atoms with Gasteiger partial charge >= 0.3 is 0 Å². The number of nitrogens with zero attached hydrogens (tertiary/aromatic N) is 7. The van der Waals surface area contributed by atoms with Crippen molar-refractivity contribution in [1.29, 1.82) is 0 Å². The number of nitrogens with two attached hydrogens (primary N) is 1. The molecular weight excluding hydrogens is 439 g/mol. The molecule has 1 aromatic carbocycles. The molecule has 4 rings (SSSR count). The molecule has 11 heteroatoms. The van der Waals surface area contributed by atoms with Crippen LogP contribution in [0.3, 0.4) is 0 Å². The van der Waals surface area contributed by atoms with Crippen LogP contribution in [-0.2, 0) is 6.42 Å². The summed E-state index contributed by atoms with van der Waals surface area (Å²) in [4.78, 5) is 11.0. The van der Waals surface area contributed by atoms with Gasteiger partial charge in [-0.15, -0.1) is 5.10 Å². The third-order valence-electron chi connectivity index (χ3n) is 6.21. The number of benzene rings is 1. The molecule has 0 aliphatic rings. The van der Waals surface area contributed by atoms with E-state index in [4.69, 9.17) is 10.5 Å². The first-order valence-corrected chi connectivity index (χ1v) is 11.2.